The number of hydrogen-bond donors (Lipinski definition) is 2. The molecule has 15 heavy (non-hydrogen) atoms. The maximum absolute atomic E-state index is 11.5. The first-order valence-corrected chi connectivity index (χ1v) is 4.48. The highest BCUT2D eigenvalue weighted by molar-refractivity contribution is 5.86. The van der Waals surface area contributed by atoms with Gasteiger partial charge in [-0.1, -0.05) is 18.2 Å². The fourth-order valence-corrected chi connectivity index (χ4v) is 1.74. The minimum absolute atomic E-state index is 0.380. The molecule has 0 unspecified atom stereocenters. The topological polar surface area (TPSA) is 70.1 Å². The number of para-hydroxylation sites is 1. The molecule has 0 saturated heterocycles. The van der Waals surface area contributed by atoms with Gasteiger partial charge in [0.15, 0.2) is 0 Å². The van der Waals surface area contributed by atoms with Crippen molar-refractivity contribution < 1.29 is 0 Å². The van der Waals surface area contributed by atoms with Crippen LogP contribution in [0.1, 0.15) is 0 Å². The van der Waals surface area contributed by atoms with Gasteiger partial charge in [-0.05, 0) is 12.1 Å². The normalized spacial score (nSPS) is 11.2. The first-order chi connectivity index (χ1) is 7.25. The monoisotopic (exact) mass is 201 g/mol. The molecule has 0 fully saturated rings. The van der Waals surface area contributed by atoms with E-state index in [9.17, 15) is 9.59 Å². The molecule has 1 aromatic carbocycles. The van der Waals surface area contributed by atoms with Crippen LogP contribution < -0.4 is 11.2 Å². The van der Waals surface area contributed by atoms with Crippen LogP contribution in [0.3, 0.4) is 0 Å². The fourth-order valence-electron chi connectivity index (χ4n) is 1.74. The molecule has 2 N–H and O–H groups in total. The van der Waals surface area contributed by atoms with E-state index in [1.165, 1.54) is 4.52 Å². The summed E-state index contributed by atoms with van der Waals surface area (Å²) in [6.07, 6.45) is 0. The van der Waals surface area contributed by atoms with Gasteiger partial charge in [0.05, 0.1) is 5.52 Å². The number of H-pyrrole nitrogens is 2. The van der Waals surface area contributed by atoms with Crippen LogP contribution in [0.4, 0.5) is 0 Å². The van der Waals surface area contributed by atoms with E-state index in [4.69, 9.17) is 0 Å². The van der Waals surface area contributed by atoms with E-state index < -0.39 is 5.69 Å². The van der Waals surface area contributed by atoms with E-state index in [0.717, 1.165) is 10.9 Å². The predicted octanol–water partition coefficient (Wildman–Crippen LogP) is 0.469. The Bertz CT molecular complexity index is 763. The summed E-state index contributed by atoms with van der Waals surface area (Å²) in [7, 11) is 0. The number of aromatic nitrogens is 3. The van der Waals surface area contributed by atoms with Gasteiger partial charge in [-0.25, -0.2) is 14.4 Å². The first kappa shape index (κ1) is 8.05. The highest BCUT2D eigenvalue weighted by Gasteiger charge is 2.05. The molecule has 0 saturated carbocycles. The van der Waals surface area contributed by atoms with E-state index in [1.54, 1.807) is 6.07 Å². The standard InChI is InChI=1S/C10H7N3O2/c14-9-8-5-6-3-1-2-4-7(6)13(8)12-10(15)11-9/h1-5H,(H2,11,12,14,15). The lowest BCUT2D eigenvalue weighted by atomic mass is 10.2. The van der Waals surface area contributed by atoms with Crippen LogP contribution in [0.15, 0.2) is 39.9 Å². The largest absolute Gasteiger partial charge is 0.340 e. The van der Waals surface area contributed by atoms with Gasteiger partial charge in [-0.2, -0.15) is 0 Å². The SMILES string of the molecule is O=c1[nH]c(=O)c2cc3ccccc3n2[nH]1. The zero-order valence-corrected chi connectivity index (χ0v) is 7.65. The van der Waals surface area contributed by atoms with E-state index in [0.29, 0.717) is 5.52 Å². The number of hydrogen-bond acceptors (Lipinski definition) is 2. The summed E-state index contributed by atoms with van der Waals surface area (Å²) in [5.74, 6) is 0. The Morgan fingerprint density at radius 3 is 2.73 bits per heavy atom. The van der Waals surface area contributed by atoms with Gasteiger partial charge in [-0.15, -0.1) is 0 Å². The van der Waals surface area contributed by atoms with Crippen molar-refractivity contribution in [3.63, 3.8) is 0 Å². The molecule has 0 spiro atoms. The smallest absolute Gasteiger partial charge is 0.271 e. The van der Waals surface area contributed by atoms with E-state index >= 15 is 0 Å². The molecule has 0 atom stereocenters. The second-order valence-corrected chi connectivity index (χ2v) is 3.32. The Kier molecular flexibility index (Phi) is 1.39. The van der Waals surface area contributed by atoms with Gasteiger partial charge in [0.25, 0.3) is 5.56 Å². The summed E-state index contributed by atoms with van der Waals surface area (Å²) in [6, 6.07) is 9.21. The third kappa shape index (κ3) is 1.03. The van der Waals surface area contributed by atoms with E-state index in [1.807, 2.05) is 24.3 Å². The summed E-state index contributed by atoms with van der Waals surface area (Å²) in [5, 5.41) is 3.48. The Labute approximate surface area is 83.0 Å². The second kappa shape index (κ2) is 2.60. The molecule has 0 amide bonds. The molecular formula is C10H7N3O2. The quantitative estimate of drug-likeness (QED) is 0.555. The number of fused-ring (bicyclic) bond motifs is 3. The summed E-state index contributed by atoms with van der Waals surface area (Å²) in [5.41, 5.74) is 0.371. The number of aromatic amines is 2. The molecule has 0 radical (unpaired) electrons. The van der Waals surface area contributed by atoms with Crippen LogP contribution in [0.5, 0.6) is 0 Å². The van der Waals surface area contributed by atoms with Crippen molar-refractivity contribution in [1.29, 1.82) is 0 Å². The number of nitrogens with one attached hydrogen (secondary N) is 2. The fraction of sp³-hybridized carbons (Fsp3) is 0. The van der Waals surface area contributed by atoms with Crippen molar-refractivity contribution in [2.24, 2.45) is 0 Å². The zero-order valence-electron chi connectivity index (χ0n) is 7.65. The Morgan fingerprint density at radius 1 is 1.07 bits per heavy atom. The predicted molar refractivity (Wildman–Crippen MR) is 56.1 cm³/mol. The number of rotatable bonds is 0. The van der Waals surface area contributed by atoms with Crippen molar-refractivity contribution in [1.82, 2.24) is 14.6 Å². The number of benzene rings is 1. The van der Waals surface area contributed by atoms with Crippen molar-refractivity contribution in [3.05, 3.63) is 51.2 Å². The number of nitrogens with zero attached hydrogens (tertiary/aromatic N) is 1. The van der Waals surface area contributed by atoms with Gasteiger partial charge in [-0.3, -0.25) is 9.78 Å². The summed E-state index contributed by atoms with van der Waals surface area (Å²) in [6.45, 7) is 0. The van der Waals surface area contributed by atoms with Crippen molar-refractivity contribution in [3.8, 4) is 0 Å². The zero-order chi connectivity index (χ0) is 10.4. The molecule has 74 valence electrons. The van der Waals surface area contributed by atoms with E-state index in [-0.39, 0.29) is 5.56 Å². The summed E-state index contributed by atoms with van der Waals surface area (Å²) < 4.78 is 1.50. The maximum atomic E-state index is 11.5. The van der Waals surface area contributed by atoms with Crippen molar-refractivity contribution >= 4 is 16.4 Å². The minimum Gasteiger partial charge on any atom is -0.271 e. The van der Waals surface area contributed by atoms with Crippen molar-refractivity contribution in [2.75, 3.05) is 0 Å². The van der Waals surface area contributed by atoms with Crippen LogP contribution in [0, 0.1) is 0 Å². The lowest BCUT2D eigenvalue weighted by Gasteiger charge is -1.94. The Balaban J connectivity index is 2.73. The lowest BCUT2D eigenvalue weighted by Crippen LogP contribution is -2.25. The molecule has 3 rings (SSSR count). The molecule has 0 aliphatic carbocycles. The van der Waals surface area contributed by atoms with Gasteiger partial charge in [0.2, 0.25) is 0 Å². The molecule has 0 aliphatic rings. The van der Waals surface area contributed by atoms with Gasteiger partial charge in [0.1, 0.15) is 5.52 Å². The van der Waals surface area contributed by atoms with Crippen LogP contribution in [0.2, 0.25) is 0 Å². The molecule has 2 heterocycles. The summed E-state index contributed by atoms with van der Waals surface area (Å²) in [4.78, 5) is 24.8. The molecule has 5 nitrogen and oxygen atoms in total. The highest BCUT2D eigenvalue weighted by atomic mass is 16.2. The maximum Gasteiger partial charge on any atom is 0.340 e. The molecular weight excluding hydrogens is 194 g/mol. The minimum atomic E-state index is -0.506. The molecule has 0 bridgehead atoms. The van der Waals surface area contributed by atoms with Crippen LogP contribution in [-0.4, -0.2) is 14.6 Å². The first-order valence-electron chi connectivity index (χ1n) is 4.48. The van der Waals surface area contributed by atoms with Crippen LogP contribution in [0.25, 0.3) is 16.4 Å². The molecule has 0 aliphatic heterocycles. The summed E-state index contributed by atoms with van der Waals surface area (Å²) >= 11 is 0. The van der Waals surface area contributed by atoms with Gasteiger partial charge in [0, 0.05) is 5.39 Å². The molecule has 3 aromatic rings. The third-order valence-corrected chi connectivity index (χ3v) is 2.38. The lowest BCUT2D eigenvalue weighted by molar-refractivity contribution is 0.867. The van der Waals surface area contributed by atoms with Crippen molar-refractivity contribution in [2.45, 2.75) is 0 Å². The third-order valence-electron chi connectivity index (χ3n) is 2.38. The van der Waals surface area contributed by atoms with Crippen LogP contribution in [-0.2, 0) is 0 Å². The molecule has 2 aromatic heterocycles. The second-order valence-electron chi connectivity index (χ2n) is 3.32. The molecule has 5 heteroatoms. The average molecular weight is 201 g/mol. The van der Waals surface area contributed by atoms with E-state index in [2.05, 4.69) is 10.1 Å². The Morgan fingerprint density at radius 2 is 1.87 bits per heavy atom. The average Bonchev–Trinajstić information content (AvgIpc) is 2.57. The Hall–Kier alpha value is -2.30. The highest BCUT2D eigenvalue weighted by Crippen LogP contribution is 2.15. The van der Waals surface area contributed by atoms with Gasteiger partial charge >= 0.3 is 5.69 Å². The van der Waals surface area contributed by atoms with Gasteiger partial charge < -0.3 is 0 Å². The van der Waals surface area contributed by atoms with Crippen LogP contribution >= 0.6 is 0 Å².